The van der Waals surface area contributed by atoms with Gasteiger partial charge in [-0.3, -0.25) is 0 Å². The first-order chi connectivity index (χ1) is 8.20. The number of nitrogens with zero attached hydrogens (tertiary/aromatic N) is 1. The third kappa shape index (κ3) is 3.34. The van der Waals surface area contributed by atoms with Gasteiger partial charge in [0.25, 0.3) is 5.22 Å². The van der Waals surface area contributed by atoms with Gasteiger partial charge in [0, 0.05) is 20.8 Å². The number of thiophene rings is 1. The zero-order valence-corrected chi connectivity index (χ0v) is 12.5. The zero-order chi connectivity index (χ0) is 12.3. The number of rotatable bonds is 5. The number of halogens is 1. The Bertz CT molecular complexity index is 458. The third-order valence-electron chi connectivity index (χ3n) is 2.37. The summed E-state index contributed by atoms with van der Waals surface area (Å²) in [6.07, 6.45) is 4.16. The van der Waals surface area contributed by atoms with Gasteiger partial charge in [0.15, 0.2) is 0 Å². The Balaban J connectivity index is 2.19. The van der Waals surface area contributed by atoms with Crippen molar-refractivity contribution in [2.24, 2.45) is 5.73 Å². The largest absolute Gasteiger partial charge is 0.440 e. The number of hydrogen-bond acceptors (Lipinski definition) is 5. The lowest BCUT2D eigenvalue weighted by Crippen LogP contribution is -2.25. The molecular formula is C11H13BrN2OS2. The maximum Gasteiger partial charge on any atom is 0.256 e. The van der Waals surface area contributed by atoms with Gasteiger partial charge in [-0.05, 0) is 28.4 Å². The van der Waals surface area contributed by atoms with Crippen molar-refractivity contribution in [1.29, 1.82) is 0 Å². The van der Waals surface area contributed by atoms with Crippen LogP contribution in [0.15, 0.2) is 38.0 Å². The van der Waals surface area contributed by atoms with Gasteiger partial charge in [-0.1, -0.05) is 18.7 Å². The third-order valence-corrected chi connectivity index (χ3v) is 5.55. The van der Waals surface area contributed by atoms with Gasteiger partial charge in [-0.15, -0.1) is 11.3 Å². The van der Waals surface area contributed by atoms with Crippen LogP contribution in [0.1, 0.15) is 23.5 Å². The molecule has 0 radical (unpaired) electrons. The Morgan fingerprint density at radius 1 is 1.65 bits per heavy atom. The van der Waals surface area contributed by atoms with Crippen LogP contribution in [0.25, 0.3) is 0 Å². The van der Waals surface area contributed by atoms with E-state index in [2.05, 4.69) is 39.3 Å². The minimum atomic E-state index is 0.0949. The van der Waals surface area contributed by atoms with Gasteiger partial charge in [0.1, 0.15) is 6.26 Å². The van der Waals surface area contributed by atoms with Crippen molar-refractivity contribution >= 4 is 39.0 Å². The minimum absolute atomic E-state index is 0.0949. The second-order valence-electron chi connectivity index (χ2n) is 3.58. The van der Waals surface area contributed by atoms with E-state index in [1.807, 2.05) is 0 Å². The standard InChI is InChI=1S/C11H13BrN2OS2/c1-2-8(13)10(9-5-7(12)6-16-9)17-11-14-3-4-15-11/h3-6,8,10H,2,13H2,1H3. The molecule has 2 aromatic rings. The Labute approximate surface area is 117 Å². The van der Waals surface area contributed by atoms with Crippen LogP contribution in [0, 0.1) is 0 Å². The van der Waals surface area contributed by atoms with Crippen molar-refractivity contribution in [3.63, 3.8) is 0 Å². The first-order valence-corrected chi connectivity index (χ1v) is 7.81. The molecule has 2 atom stereocenters. The molecule has 2 N–H and O–H groups in total. The molecule has 2 heterocycles. The Hall–Kier alpha value is -0.300. The van der Waals surface area contributed by atoms with Crippen molar-refractivity contribution in [1.82, 2.24) is 4.98 Å². The van der Waals surface area contributed by atoms with Crippen molar-refractivity contribution in [3.8, 4) is 0 Å². The number of oxazole rings is 1. The van der Waals surface area contributed by atoms with Crippen LogP contribution < -0.4 is 5.73 Å². The van der Waals surface area contributed by atoms with E-state index in [9.17, 15) is 0 Å². The van der Waals surface area contributed by atoms with Crippen LogP contribution in [-0.4, -0.2) is 11.0 Å². The van der Waals surface area contributed by atoms with Gasteiger partial charge in [0.2, 0.25) is 0 Å². The van der Waals surface area contributed by atoms with Crippen LogP contribution in [0.2, 0.25) is 0 Å². The fourth-order valence-electron chi connectivity index (χ4n) is 1.43. The molecule has 0 aliphatic carbocycles. The highest BCUT2D eigenvalue weighted by Gasteiger charge is 2.23. The second kappa shape index (κ2) is 6.04. The Morgan fingerprint density at radius 2 is 2.47 bits per heavy atom. The predicted octanol–water partition coefficient (Wildman–Crippen LogP) is 4.07. The second-order valence-corrected chi connectivity index (χ2v) is 6.53. The maximum atomic E-state index is 6.18. The molecular weight excluding hydrogens is 320 g/mol. The van der Waals surface area contributed by atoms with E-state index in [0.29, 0.717) is 5.22 Å². The lowest BCUT2D eigenvalue weighted by molar-refractivity contribution is 0.451. The predicted molar refractivity (Wildman–Crippen MR) is 75.4 cm³/mol. The molecule has 17 heavy (non-hydrogen) atoms. The molecule has 6 heteroatoms. The molecule has 2 aromatic heterocycles. The number of hydrogen-bond donors (Lipinski definition) is 1. The summed E-state index contributed by atoms with van der Waals surface area (Å²) in [5.74, 6) is 0. The van der Waals surface area contributed by atoms with Crippen molar-refractivity contribution in [3.05, 3.63) is 33.3 Å². The molecule has 0 fully saturated rings. The fraction of sp³-hybridized carbons (Fsp3) is 0.364. The maximum absolute atomic E-state index is 6.18. The first kappa shape index (κ1) is 13.1. The van der Waals surface area contributed by atoms with E-state index in [0.717, 1.165) is 10.9 Å². The molecule has 0 aliphatic rings. The minimum Gasteiger partial charge on any atom is -0.440 e. The average molecular weight is 333 g/mol. The van der Waals surface area contributed by atoms with Crippen LogP contribution >= 0.6 is 39.0 Å². The number of aromatic nitrogens is 1. The van der Waals surface area contributed by atoms with Gasteiger partial charge >= 0.3 is 0 Å². The summed E-state index contributed by atoms with van der Waals surface area (Å²) >= 11 is 6.76. The Morgan fingerprint density at radius 3 is 3.00 bits per heavy atom. The van der Waals surface area contributed by atoms with Gasteiger partial charge in [-0.2, -0.15) is 0 Å². The summed E-state index contributed by atoms with van der Waals surface area (Å²) in [6, 6.07) is 2.21. The summed E-state index contributed by atoms with van der Waals surface area (Å²) in [6.45, 7) is 2.09. The van der Waals surface area contributed by atoms with Gasteiger partial charge in [0.05, 0.1) is 11.4 Å². The number of thioether (sulfide) groups is 1. The van der Waals surface area contributed by atoms with Crippen LogP contribution in [0.5, 0.6) is 0 Å². The molecule has 3 nitrogen and oxygen atoms in total. The lowest BCUT2D eigenvalue weighted by atomic mass is 10.1. The Kier molecular flexibility index (Phi) is 4.67. The van der Waals surface area contributed by atoms with E-state index < -0.39 is 0 Å². The van der Waals surface area contributed by atoms with Crippen LogP contribution in [-0.2, 0) is 0 Å². The van der Waals surface area contributed by atoms with Gasteiger partial charge in [-0.25, -0.2) is 4.98 Å². The smallest absolute Gasteiger partial charge is 0.256 e. The SMILES string of the molecule is CCC(N)C(Sc1ncco1)c1cc(Br)cs1. The molecule has 0 amide bonds. The normalized spacial score (nSPS) is 14.8. The molecule has 0 aromatic carbocycles. The highest BCUT2D eigenvalue weighted by atomic mass is 79.9. The molecule has 2 rings (SSSR count). The summed E-state index contributed by atoms with van der Waals surface area (Å²) in [4.78, 5) is 5.38. The molecule has 0 spiro atoms. The monoisotopic (exact) mass is 332 g/mol. The quantitative estimate of drug-likeness (QED) is 0.838. The summed E-state index contributed by atoms with van der Waals surface area (Å²) in [5.41, 5.74) is 6.18. The van der Waals surface area contributed by atoms with E-state index >= 15 is 0 Å². The van der Waals surface area contributed by atoms with Crippen LogP contribution in [0.3, 0.4) is 0 Å². The molecule has 0 aliphatic heterocycles. The molecule has 92 valence electrons. The van der Waals surface area contributed by atoms with E-state index in [4.69, 9.17) is 10.2 Å². The van der Waals surface area contributed by atoms with Crippen molar-refractivity contribution < 1.29 is 4.42 Å². The molecule has 0 bridgehead atoms. The zero-order valence-electron chi connectivity index (χ0n) is 9.30. The fourth-order valence-corrected chi connectivity index (χ4v) is 4.24. The number of nitrogens with two attached hydrogens (primary N) is 1. The molecule has 0 saturated carbocycles. The first-order valence-electron chi connectivity index (χ1n) is 5.26. The van der Waals surface area contributed by atoms with E-state index in [1.165, 1.54) is 4.88 Å². The van der Waals surface area contributed by atoms with Crippen molar-refractivity contribution in [2.45, 2.75) is 29.9 Å². The topological polar surface area (TPSA) is 52.0 Å². The van der Waals surface area contributed by atoms with E-state index in [1.54, 1.807) is 35.6 Å². The lowest BCUT2D eigenvalue weighted by Gasteiger charge is -2.19. The summed E-state index contributed by atoms with van der Waals surface area (Å²) < 4.78 is 6.37. The van der Waals surface area contributed by atoms with Crippen LogP contribution in [0.4, 0.5) is 0 Å². The van der Waals surface area contributed by atoms with Crippen molar-refractivity contribution in [2.75, 3.05) is 0 Å². The van der Waals surface area contributed by atoms with E-state index in [-0.39, 0.29) is 11.3 Å². The highest BCUT2D eigenvalue weighted by molar-refractivity contribution is 9.10. The summed E-state index contributed by atoms with van der Waals surface area (Å²) in [5, 5.41) is 2.93. The highest BCUT2D eigenvalue weighted by Crippen LogP contribution is 2.40. The average Bonchev–Trinajstić information content (AvgIpc) is 2.96. The molecule has 2 unspecified atom stereocenters. The molecule has 0 saturated heterocycles. The summed E-state index contributed by atoms with van der Waals surface area (Å²) in [7, 11) is 0. The van der Waals surface area contributed by atoms with Gasteiger partial charge < -0.3 is 10.2 Å².